The van der Waals surface area contributed by atoms with Gasteiger partial charge in [-0.05, 0) is 56.1 Å². The minimum absolute atomic E-state index is 0.0902. The van der Waals surface area contributed by atoms with E-state index < -0.39 is 0 Å². The Morgan fingerprint density at radius 2 is 1.88 bits per heavy atom. The van der Waals surface area contributed by atoms with Crippen molar-refractivity contribution in [1.82, 2.24) is 24.6 Å². The Balaban J connectivity index is 1.28. The summed E-state index contributed by atoms with van der Waals surface area (Å²) in [5.74, 6) is 1.12. The average Bonchev–Trinajstić information content (AvgIpc) is 3.42. The number of thiazole rings is 1. The first kappa shape index (κ1) is 23.0. The summed E-state index contributed by atoms with van der Waals surface area (Å²) in [6.07, 6.45) is 3.78. The number of hydrogen-bond donors (Lipinski definition) is 1. The minimum Gasteiger partial charge on any atom is -0.301 e. The number of likely N-dealkylation sites (tertiary alicyclic amines) is 1. The van der Waals surface area contributed by atoms with Crippen molar-refractivity contribution in [2.24, 2.45) is 0 Å². The molecule has 2 aromatic carbocycles. The van der Waals surface area contributed by atoms with Crippen molar-refractivity contribution in [3.8, 4) is 0 Å². The Morgan fingerprint density at radius 1 is 1.06 bits per heavy atom. The molecule has 1 fully saturated rings. The third-order valence-electron chi connectivity index (χ3n) is 5.91. The standard InChI is InChI=1S/C25H28N6OS2/c1-18-10-11-20-21(14-18)34-24(26-20)27-23(32)17-33-25-29-28-22(16-30-12-6-3-7-13-30)31(25)15-19-8-4-2-5-9-19/h2,4-5,8-11,14H,3,6-7,12-13,15-17H2,1H3,(H,26,27,32). The fraction of sp³-hybridized carbons (Fsp3) is 0.360. The van der Waals surface area contributed by atoms with E-state index in [4.69, 9.17) is 0 Å². The molecule has 0 aliphatic carbocycles. The van der Waals surface area contributed by atoms with Crippen molar-refractivity contribution < 1.29 is 4.79 Å². The lowest BCUT2D eigenvalue weighted by molar-refractivity contribution is -0.113. The number of piperidine rings is 1. The molecule has 5 rings (SSSR count). The van der Waals surface area contributed by atoms with Gasteiger partial charge in [0.15, 0.2) is 10.3 Å². The van der Waals surface area contributed by atoms with E-state index >= 15 is 0 Å². The molecule has 0 atom stereocenters. The Hall–Kier alpha value is -2.75. The molecule has 0 unspecified atom stereocenters. The zero-order valence-corrected chi connectivity index (χ0v) is 20.9. The maximum atomic E-state index is 12.7. The third kappa shape index (κ3) is 5.65. The van der Waals surface area contributed by atoms with Crippen LogP contribution in [-0.2, 0) is 17.9 Å². The molecule has 9 heteroatoms. The molecule has 1 saturated heterocycles. The first-order chi connectivity index (χ1) is 16.6. The van der Waals surface area contributed by atoms with Crippen LogP contribution < -0.4 is 5.32 Å². The van der Waals surface area contributed by atoms with Crippen molar-refractivity contribution in [3.05, 3.63) is 65.5 Å². The molecule has 1 aliphatic heterocycles. The molecule has 7 nitrogen and oxygen atoms in total. The number of carbonyl (C=O) groups excluding carboxylic acids is 1. The molecule has 0 saturated carbocycles. The third-order valence-corrected chi connectivity index (χ3v) is 7.81. The monoisotopic (exact) mass is 492 g/mol. The molecule has 0 radical (unpaired) electrons. The number of nitrogens with one attached hydrogen (secondary N) is 1. The van der Waals surface area contributed by atoms with Crippen molar-refractivity contribution in [2.45, 2.75) is 44.4 Å². The van der Waals surface area contributed by atoms with Crippen LogP contribution in [0.15, 0.2) is 53.7 Å². The summed E-state index contributed by atoms with van der Waals surface area (Å²) in [4.78, 5) is 19.7. The summed E-state index contributed by atoms with van der Waals surface area (Å²) < 4.78 is 3.23. The van der Waals surface area contributed by atoms with Gasteiger partial charge in [-0.15, -0.1) is 10.2 Å². The zero-order valence-electron chi connectivity index (χ0n) is 19.2. The van der Waals surface area contributed by atoms with Crippen LogP contribution >= 0.6 is 23.1 Å². The van der Waals surface area contributed by atoms with Crippen LogP contribution in [0.3, 0.4) is 0 Å². The largest absolute Gasteiger partial charge is 0.301 e. The quantitative estimate of drug-likeness (QED) is 0.350. The normalized spacial score (nSPS) is 14.5. The van der Waals surface area contributed by atoms with Crippen LogP contribution in [0.1, 0.15) is 36.2 Å². The molecule has 176 valence electrons. The number of nitrogens with zero attached hydrogens (tertiary/aromatic N) is 5. The molecule has 4 aromatic rings. The first-order valence-electron chi connectivity index (χ1n) is 11.6. The lowest BCUT2D eigenvalue weighted by atomic mass is 10.1. The Bertz CT molecular complexity index is 1260. The summed E-state index contributed by atoms with van der Waals surface area (Å²) in [7, 11) is 0. The summed E-state index contributed by atoms with van der Waals surface area (Å²) in [6, 6.07) is 16.4. The second-order valence-corrected chi connectivity index (χ2v) is 10.6. The van der Waals surface area contributed by atoms with Gasteiger partial charge in [-0.3, -0.25) is 9.69 Å². The van der Waals surface area contributed by atoms with E-state index in [1.807, 2.05) is 30.3 Å². The van der Waals surface area contributed by atoms with Crippen LogP contribution in [0, 0.1) is 6.92 Å². The zero-order chi connectivity index (χ0) is 23.3. The first-order valence-corrected chi connectivity index (χ1v) is 13.4. The molecular formula is C25H28N6OS2. The molecule has 0 bridgehead atoms. The van der Waals surface area contributed by atoms with Gasteiger partial charge in [0.25, 0.3) is 0 Å². The summed E-state index contributed by atoms with van der Waals surface area (Å²) >= 11 is 2.92. The lowest BCUT2D eigenvalue weighted by Gasteiger charge is -2.26. The number of benzene rings is 2. The highest BCUT2D eigenvalue weighted by atomic mass is 32.2. The topological polar surface area (TPSA) is 75.9 Å². The van der Waals surface area contributed by atoms with Crippen LogP contribution in [0.4, 0.5) is 5.13 Å². The number of aromatic nitrogens is 4. The Kier molecular flexibility index (Phi) is 7.22. The van der Waals surface area contributed by atoms with Gasteiger partial charge in [0.2, 0.25) is 5.91 Å². The molecule has 1 amide bonds. The van der Waals surface area contributed by atoms with Crippen molar-refractivity contribution in [1.29, 1.82) is 0 Å². The van der Waals surface area contributed by atoms with Crippen molar-refractivity contribution >= 4 is 44.4 Å². The number of fused-ring (bicyclic) bond motifs is 1. The summed E-state index contributed by atoms with van der Waals surface area (Å²) in [5, 5.41) is 13.3. The van der Waals surface area contributed by atoms with E-state index in [1.165, 1.54) is 53.5 Å². The van der Waals surface area contributed by atoms with Gasteiger partial charge in [-0.1, -0.05) is 65.9 Å². The molecule has 34 heavy (non-hydrogen) atoms. The maximum Gasteiger partial charge on any atom is 0.236 e. The predicted octanol–water partition coefficient (Wildman–Crippen LogP) is 4.96. The van der Waals surface area contributed by atoms with E-state index in [2.05, 4.69) is 55.1 Å². The average molecular weight is 493 g/mol. The minimum atomic E-state index is -0.0902. The van der Waals surface area contributed by atoms with Gasteiger partial charge in [0, 0.05) is 0 Å². The van der Waals surface area contributed by atoms with Gasteiger partial charge in [-0.2, -0.15) is 0 Å². The molecular weight excluding hydrogens is 464 g/mol. The summed E-state index contributed by atoms with van der Waals surface area (Å²) in [6.45, 7) is 5.74. The van der Waals surface area contributed by atoms with Crippen LogP contribution in [0.5, 0.6) is 0 Å². The van der Waals surface area contributed by atoms with E-state index in [0.717, 1.165) is 40.8 Å². The van der Waals surface area contributed by atoms with E-state index in [9.17, 15) is 4.79 Å². The molecule has 1 aliphatic rings. The number of aryl methyl sites for hydroxylation is 1. The van der Waals surface area contributed by atoms with Crippen molar-refractivity contribution in [2.75, 3.05) is 24.2 Å². The highest BCUT2D eigenvalue weighted by molar-refractivity contribution is 7.99. The molecule has 2 aromatic heterocycles. The fourth-order valence-corrected chi connectivity index (χ4v) is 5.89. The lowest BCUT2D eigenvalue weighted by Crippen LogP contribution is -2.30. The van der Waals surface area contributed by atoms with Gasteiger partial charge in [-0.25, -0.2) is 4.98 Å². The Labute approximate surface area is 207 Å². The summed E-state index contributed by atoms with van der Waals surface area (Å²) in [5.41, 5.74) is 3.28. The predicted molar refractivity (Wildman–Crippen MR) is 138 cm³/mol. The van der Waals surface area contributed by atoms with Crippen LogP contribution in [0.2, 0.25) is 0 Å². The fourth-order valence-electron chi connectivity index (χ4n) is 4.16. The second-order valence-electron chi connectivity index (χ2n) is 8.63. The van der Waals surface area contributed by atoms with Gasteiger partial charge in [0.1, 0.15) is 5.82 Å². The van der Waals surface area contributed by atoms with Gasteiger partial charge in [0.05, 0.1) is 29.1 Å². The number of rotatable bonds is 8. The number of anilines is 1. The maximum absolute atomic E-state index is 12.7. The van der Waals surface area contributed by atoms with E-state index in [-0.39, 0.29) is 11.7 Å². The molecule has 1 N–H and O–H groups in total. The smallest absolute Gasteiger partial charge is 0.236 e. The van der Waals surface area contributed by atoms with Crippen LogP contribution in [0.25, 0.3) is 10.2 Å². The second kappa shape index (κ2) is 10.7. The molecule has 3 heterocycles. The SMILES string of the molecule is Cc1ccc2nc(NC(=O)CSc3nnc(CN4CCCCC4)n3Cc3ccccc3)sc2c1. The highest BCUT2D eigenvalue weighted by Gasteiger charge is 2.19. The van der Waals surface area contributed by atoms with Crippen LogP contribution in [-0.4, -0.2) is 49.4 Å². The number of amides is 1. The number of carbonyl (C=O) groups is 1. The number of hydrogen-bond acceptors (Lipinski definition) is 7. The van der Waals surface area contributed by atoms with Gasteiger partial charge >= 0.3 is 0 Å². The van der Waals surface area contributed by atoms with Gasteiger partial charge < -0.3 is 9.88 Å². The van der Waals surface area contributed by atoms with E-state index in [1.54, 1.807) is 0 Å². The Morgan fingerprint density at radius 3 is 2.71 bits per heavy atom. The number of thioether (sulfide) groups is 1. The van der Waals surface area contributed by atoms with Crippen molar-refractivity contribution in [3.63, 3.8) is 0 Å². The van der Waals surface area contributed by atoms with E-state index in [0.29, 0.717) is 11.7 Å². The molecule has 0 spiro atoms. The highest BCUT2D eigenvalue weighted by Crippen LogP contribution is 2.27.